The van der Waals surface area contributed by atoms with Crippen molar-refractivity contribution in [2.45, 2.75) is 11.4 Å². The van der Waals surface area contributed by atoms with Crippen molar-refractivity contribution in [2.24, 2.45) is 0 Å². The van der Waals surface area contributed by atoms with E-state index in [9.17, 15) is 17.2 Å². The van der Waals surface area contributed by atoms with Crippen LogP contribution in [-0.4, -0.2) is 8.42 Å². The third-order valence-corrected chi connectivity index (χ3v) is 4.96. The Hall–Kier alpha value is -2.77. The number of benzene rings is 3. The number of nitrogens with one attached hydrogen (secondary N) is 1. The third-order valence-electron chi connectivity index (χ3n) is 3.54. The standard InChI is InChI=1S/C19H15F2NO3S/c20-15-4-8-17(9-5-15)25-18-3-1-2-14(12-18)13-22-26(23,24)19-10-6-16(21)7-11-19/h1-12,22H,13H2. The van der Waals surface area contributed by atoms with Crippen LogP contribution in [0, 0.1) is 11.6 Å². The highest BCUT2D eigenvalue weighted by atomic mass is 32.2. The van der Waals surface area contributed by atoms with Crippen LogP contribution in [0.4, 0.5) is 8.78 Å². The second kappa shape index (κ2) is 7.63. The van der Waals surface area contributed by atoms with Crippen molar-refractivity contribution in [1.82, 2.24) is 4.72 Å². The summed E-state index contributed by atoms with van der Waals surface area (Å²) >= 11 is 0. The van der Waals surface area contributed by atoms with E-state index in [1.807, 2.05) is 0 Å². The molecule has 26 heavy (non-hydrogen) atoms. The fraction of sp³-hybridized carbons (Fsp3) is 0.0526. The first-order valence-corrected chi connectivity index (χ1v) is 9.18. The largest absolute Gasteiger partial charge is 0.457 e. The Morgan fingerprint density at radius 1 is 0.808 bits per heavy atom. The molecule has 0 aromatic heterocycles. The molecule has 0 fully saturated rings. The first-order valence-electron chi connectivity index (χ1n) is 7.70. The topological polar surface area (TPSA) is 55.4 Å². The van der Waals surface area contributed by atoms with Crippen molar-refractivity contribution in [3.05, 3.63) is 90.0 Å². The molecule has 0 aliphatic carbocycles. The van der Waals surface area contributed by atoms with Crippen molar-refractivity contribution < 1.29 is 21.9 Å². The Bertz CT molecular complexity index is 988. The van der Waals surface area contributed by atoms with E-state index in [4.69, 9.17) is 4.74 Å². The molecule has 0 aliphatic heterocycles. The molecule has 0 aliphatic rings. The van der Waals surface area contributed by atoms with Gasteiger partial charge in [-0.2, -0.15) is 0 Å². The lowest BCUT2D eigenvalue weighted by Gasteiger charge is -2.09. The molecule has 0 amide bonds. The van der Waals surface area contributed by atoms with Crippen molar-refractivity contribution in [3.8, 4) is 11.5 Å². The van der Waals surface area contributed by atoms with Crippen LogP contribution >= 0.6 is 0 Å². The van der Waals surface area contributed by atoms with Crippen LogP contribution in [0.5, 0.6) is 11.5 Å². The number of hydrogen-bond donors (Lipinski definition) is 1. The summed E-state index contributed by atoms with van der Waals surface area (Å²) in [6.07, 6.45) is 0. The zero-order valence-corrected chi connectivity index (χ0v) is 14.3. The highest BCUT2D eigenvalue weighted by molar-refractivity contribution is 7.89. The first kappa shape index (κ1) is 18.0. The van der Waals surface area contributed by atoms with Crippen LogP contribution in [0.25, 0.3) is 0 Å². The van der Waals surface area contributed by atoms with E-state index in [1.54, 1.807) is 24.3 Å². The molecule has 4 nitrogen and oxygen atoms in total. The van der Waals surface area contributed by atoms with Gasteiger partial charge in [-0.05, 0) is 66.2 Å². The summed E-state index contributed by atoms with van der Waals surface area (Å²) in [5.74, 6) is 0.0985. The van der Waals surface area contributed by atoms with Gasteiger partial charge in [0.15, 0.2) is 0 Å². The molecular weight excluding hydrogens is 360 g/mol. The zero-order chi connectivity index (χ0) is 18.6. The van der Waals surface area contributed by atoms with E-state index >= 15 is 0 Å². The van der Waals surface area contributed by atoms with Gasteiger partial charge in [-0.1, -0.05) is 12.1 Å². The van der Waals surface area contributed by atoms with Crippen LogP contribution in [-0.2, 0) is 16.6 Å². The van der Waals surface area contributed by atoms with Gasteiger partial charge in [0.25, 0.3) is 0 Å². The molecule has 0 radical (unpaired) electrons. The van der Waals surface area contributed by atoms with Crippen LogP contribution in [0.1, 0.15) is 5.56 Å². The molecule has 7 heteroatoms. The minimum atomic E-state index is -3.75. The van der Waals surface area contributed by atoms with Crippen molar-refractivity contribution >= 4 is 10.0 Å². The summed E-state index contributed by atoms with van der Waals surface area (Å²) in [7, 11) is -3.75. The second-order valence-electron chi connectivity index (χ2n) is 5.48. The number of ether oxygens (including phenoxy) is 1. The van der Waals surface area contributed by atoms with Crippen LogP contribution in [0.15, 0.2) is 77.7 Å². The number of halogens is 2. The van der Waals surface area contributed by atoms with Crippen molar-refractivity contribution in [3.63, 3.8) is 0 Å². The lowest BCUT2D eigenvalue weighted by atomic mass is 10.2. The quantitative estimate of drug-likeness (QED) is 0.701. The van der Waals surface area contributed by atoms with Gasteiger partial charge < -0.3 is 4.74 Å². The maximum atomic E-state index is 12.9. The Balaban J connectivity index is 1.68. The smallest absolute Gasteiger partial charge is 0.240 e. The van der Waals surface area contributed by atoms with Crippen LogP contribution in [0.3, 0.4) is 0 Å². The van der Waals surface area contributed by atoms with E-state index in [2.05, 4.69) is 4.72 Å². The lowest BCUT2D eigenvalue weighted by molar-refractivity contribution is 0.479. The van der Waals surface area contributed by atoms with Gasteiger partial charge in [0.05, 0.1) is 4.90 Å². The van der Waals surface area contributed by atoms with E-state index in [0.29, 0.717) is 17.1 Å². The molecule has 3 rings (SSSR count). The number of rotatable bonds is 6. The SMILES string of the molecule is O=S(=O)(NCc1cccc(Oc2ccc(F)cc2)c1)c1ccc(F)cc1. The molecule has 1 N–H and O–H groups in total. The van der Waals surface area contributed by atoms with Gasteiger partial charge in [-0.3, -0.25) is 0 Å². The third kappa shape index (κ3) is 4.65. The van der Waals surface area contributed by atoms with Crippen LogP contribution < -0.4 is 9.46 Å². The minimum Gasteiger partial charge on any atom is -0.457 e. The molecule has 3 aromatic rings. The fourth-order valence-electron chi connectivity index (χ4n) is 2.23. The minimum absolute atomic E-state index is 0.0161. The summed E-state index contributed by atoms with van der Waals surface area (Å²) in [5.41, 5.74) is 0.676. The van der Waals surface area contributed by atoms with Crippen LogP contribution in [0.2, 0.25) is 0 Å². The second-order valence-corrected chi connectivity index (χ2v) is 7.25. The van der Waals surface area contributed by atoms with Crippen molar-refractivity contribution in [2.75, 3.05) is 0 Å². The van der Waals surface area contributed by atoms with Gasteiger partial charge in [-0.15, -0.1) is 0 Å². The maximum Gasteiger partial charge on any atom is 0.240 e. The fourth-order valence-corrected chi connectivity index (χ4v) is 3.25. The molecule has 0 saturated heterocycles. The molecule has 0 saturated carbocycles. The molecule has 0 bridgehead atoms. The normalized spacial score (nSPS) is 11.3. The molecule has 3 aromatic carbocycles. The summed E-state index contributed by atoms with van der Waals surface area (Å²) < 4.78 is 58.4. The number of sulfonamides is 1. The highest BCUT2D eigenvalue weighted by Crippen LogP contribution is 2.22. The predicted molar refractivity (Wildman–Crippen MR) is 93.3 cm³/mol. The van der Waals surface area contributed by atoms with E-state index in [0.717, 1.165) is 12.1 Å². The van der Waals surface area contributed by atoms with E-state index in [1.165, 1.54) is 36.4 Å². The summed E-state index contributed by atoms with van der Waals surface area (Å²) in [6, 6.07) is 17.0. The molecular formula is C19H15F2NO3S. The Labute approximate surface area is 150 Å². The molecule has 0 unspecified atom stereocenters. The Kier molecular flexibility index (Phi) is 5.29. The lowest BCUT2D eigenvalue weighted by Crippen LogP contribution is -2.23. The average Bonchev–Trinajstić information content (AvgIpc) is 2.63. The monoisotopic (exact) mass is 375 g/mol. The summed E-state index contributed by atoms with van der Waals surface area (Å²) in [4.78, 5) is -0.0161. The maximum absolute atomic E-state index is 12.9. The zero-order valence-electron chi connectivity index (χ0n) is 13.5. The summed E-state index contributed by atoms with van der Waals surface area (Å²) in [5, 5.41) is 0. The van der Waals surface area contributed by atoms with Gasteiger partial charge in [0.2, 0.25) is 10.0 Å². The first-order chi connectivity index (χ1) is 12.4. The average molecular weight is 375 g/mol. The van der Waals surface area contributed by atoms with E-state index < -0.39 is 15.8 Å². The molecule has 0 atom stereocenters. The van der Waals surface area contributed by atoms with Gasteiger partial charge in [0.1, 0.15) is 23.1 Å². The molecule has 0 spiro atoms. The van der Waals surface area contributed by atoms with E-state index in [-0.39, 0.29) is 17.3 Å². The molecule has 134 valence electrons. The van der Waals surface area contributed by atoms with Gasteiger partial charge >= 0.3 is 0 Å². The van der Waals surface area contributed by atoms with Crippen molar-refractivity contribution in [1.29, 1.82) is 0 Å². The number of hydrogen-bond acceptors (Lipinski definition) is 3. The Morgan fingerprint density at radius 2 is 1.42 bits per heavy atom. The van der Waals surface area contributed by atoms with Gasteiger partial charge in [-0.25, -0.2) is 21.9 Å². The highest BCUT2D eigenvalue weighted by Gasteiger charge is 2.13. The van der Waals surface area contributed by atoms with Gasteiger partial charge in [0, 0.05) is 6.54 Å². The Morgan fingerprint density at radius 3 is 2.08 bits per heavy atom. The molecule has 0 heterocycles. The summed E-state index contributed by atoms with van der Waals surface area (Å²) in [6.45, 7) is 0.0420. The predicted octanol–water partition coefficient (Wildman–Crippen LogP) is 4.24.